The van der Waals surface area contributed by atoms with Gasteiger partial charge in [-0.25, -0.2) is 0 Å². The molecule has 0 spiro atoms. The number of amides is 2. The second-order valence-electron chi connectivity index (χ2n) is 5.61. The Labute approximate surface area is 107 Å². The second-order valence-corrected chi connectivity index (χ2v) is 5.61. The average molecular weight is 252 g/mol. The molecule has 3 aliphatic heterocycles. The van der Waals surface area contributed by atoms with Crippen molar-refractivity contribution in [1.82, 2.24) is 10.2 Å². The third kappa shape index (κ3) is 2.23. The quantitative estimate of drug-likeness (QED) is 0.722. The van der Waals surface area contributed by atoms with Gasteiger partial charge in [0.05, 0.1) is 12.5 Å². The van der Waals surface area contributed by atoms with E-state index >= 15 is 0 Å². The van der Waals surface area contributed by atoms with E-state index in [-0.39, 0.29) is 23.8 Å². The molecule has 3 unspecified atom stereocenters. The molecule has 18 heavy (non-hydrogen) atoms. The zero-order chi connectivity index (χ0) is 12.5. The molecule has 3 rings (SSSR count). The van der Waals surface area contributed by atoms with Gasteiger partial charge in [0.25, 0.3) is 0 Å². The highest BCUT2D eigenvalue weighted by atomic mass is 16.5. The highest BCUT2D eigenvalue weighted by Crippen LogP contribution is 2.27. The van der Waals surface area contributed by atoms with Crippen LogP contribution in [0.15, 0.2) is 0 Å². The summed E-state index contributed by atoms with van der Waals surface area (Å²) < 4.78 is 5.29. The highest BCUT2D eigenvalue weighted by Gasteiger charge is 2.37. The number of piperidine rings is 2. The smallest absolute Gasteiger partial charge is 0.228 e. The lowest BCUT2D eigenvalue weighted by molar-refractivity contribution is -0.138. The van der Waals surface area contributed by atoms with Gasteiger partial charge in [-0.15, -0.1) is 0 Å². The zero-order valence-electron chi connectivity index (χ0n) is 10.6. The van der Waals surface area contributed by atoms with Gasteiger partial charge in [-0.1, -0.05) is 0 Å². The van der Waals surface area contributed by atoms with Gasteiger partial charge in [0.2, 0.25) is 11.8 Å². The van der Waals surface area contributed by atoms with Gasteiger partial charge in [0.1, 0.15) is 0 Å². The van der Waals surface area contributed by atoms with E-state index in [0.717, 1.165) is 32.4 Å². The van der Waals surface area contributed by atoms with Crippen molar-refractivity contribution in [3.05, 3.63) is 0 Å². The first-order valence-electron chi connectivity index (χ1n) is 6.90. The number of rotatable bonds is 1. The van der Waals surface area contributed by atoms with Gasteiger partial charge in [-0.2, -0.15) is 0 Å². The molecule has 3 fully saturated rings. The van der Waals surface area contributed by atoms with Crippen LogP contribution < -0.4 is 5.32 Å². The lowest BCUT2D eigenvalue weighted by Gasteiger charge is -2.42. The van der Waals surface area contributed by atoms with Crippen molar-refractivity contribution in [2.45, 2.75) is 31.7 Å². The van der Waals surface area contributed by atoms with E-state index in [2.05, 4.69) is 5.32 Å². The van der Waals surface area contributed by atoms with Crippen LogP contribution in [0.2, 0.25) is 0 Å². The van der Waals surface area contributed by atoms with Gasteiger partial charge < -0.3 is 15.0 Å². The molecule has 0 radical (unpaired) electrons. The van der Waals surface area contributed by atoms with Crippen LogP contribution in [-0.2, 0) is 14.3 Å². The molecule has 100 valence electrons. The summed E-state index contributed by atoms with van der Waals surface area (Å²) in [6, 6.07) is 0.287. The first-order valence-corrected chi connectivity index (χ1v) is 6.90. The summed E-state index contributed by atoms with van der Waals surface area (Å²) in [6.45, 7) is 2.88. The fraction of sp³-hybridized carbons (Fsp3) is 0.846. The van der Waals surface area contributed by atoms with Crippen molar-refractivity contribution < 1.29 is 14.3 Å². The number of ether oxygens (including phenoxy) is 1. The van der Waals surface area contributed by atoms with E-state index in [9.17, 15) is 9.59 Å². The van der Waals surface area contributed by atoms with Crippen molar-refractivity contribution in [2.75, 3.05) is 26.3 Å². The van der Waals surface area contributed by atoms with Crippen LogP contribution in [0.25, 0.3) is 0 Å². The van der Waals surface area contributed by atoms with E-state index in [1.807, 2.05) is 4.90 Å². The van der Waals surface area contributed by atoms with Crippen LogP contribution >= 0.6 is 0 Å². The van der Waals surface area contributed by atoms with Crippen LogP contribution in [0.5, 0.6) is 0 Å². The van der Waals surface area contributed by atoms with E-state index in [1.54, 1.807) is 0 Å². The molecule has 5 nitrogen and oxygen atoms in total. The summed E-state index contributed by atoms with van der Waals surface area (Å²) >= 11 is 0. The Kier molecular flexibility index (Phi) is 3.24. The summed E-state index contributed by atoms with van der Waals surface area (Å²) in [4.78, 5) is 25.6. The molecule has 0 aromatic heterocycles. The van der Waals surface area contributed by atoms with Crippen LogP contribution in [-0.4, -0.2) is 49.1 Å². The topological polar surface area (TPSA) is 58.6 Å². The molecule has 0 aliphatic carbocycles. The Morgan fingerprint density at radius 3 is 3.00 bits per heavy atom. The number of carbonyl (C=O) groups is 2. The third-order valence-electron chi connectivity index (χ3n) is 4.41. The Balaban J connectivity index is 1.59. The number of nitrogens with one attached hydrogen (secondary N) is 1. The standard InChI is InChI=1S/C13H20N2O3/c16-12-2-1-9-7-15(5-3-11(9)14-12)13(17)10-4-6-18-8-10/h9-11H,1-8H2,(H,14,16). The van der Waals surface area contributed by atoms with Crippen molar-refractivity contribution in [1.29, 1.82) is 0 Å². The number of hydrogen-bond acceptors (Lipinski definition) is 3. The van der Waals surface area contributed by atoms with Gasteiger partial charge in [0, 0.05) is 32.2 Å². The number of hydrogen-bond donors (Lipinski definition) is 1. The minimum atomic E-state index is 0.0692. The van der Waals surface area contributed by atoms with Crippen LogP contribution in [0.1, 0.15) is 25.7 Å². The SMILES string of the molecule is O=C1CCC2CN(C(=O)C3CCOC3)CCC2N1. The molecule has 3 heterocycles. The largest absolute Gasteiger partial charge is 0.381 e. The van der Waals surface area contributed by atoms with Gasteiger partial charge in [-0.05, 0) is 25.2 Å². The summed E-state index contributed by atoms with van der Waals surface area (Å²) in [5.74, 6) is 0.936. The zero-order valence-corrected chi connectivity index (χ0v) is 10.6. The van der Waals surface area contributed by atoms with Crippen molar-refractivity contribution in [3.63, 3.8) is 0 Å². The molecule has 0 bridgehead atoms. The number of nitrogens with zero attached hydrogens (tertiary/aromatic N) is 1. The normalized spacial score (nSPS) is 36.1. The monoisotopic (exact) mass is 252 g/mol. The second kappa shape index (κ2) is 4.88. The van der Waals surface area contributed by atoms with Crippen molar-refractivity contribution in [3.8, 4) is 0 Å². The summed E-state index contributed by atoms with van der Waals surface area (Å²) in [5.41, 5.74) is 0. The maximum absolute atomic E-state index is 12.3. The highest BCUT2D eigenvalue weighted by molar-refractivity contribution is 5.80. The van der Waals surface area contributed by atoms with Crippen molar-refractivity contribution >= 4 is 11.8 Å². The first-order chi connectivity index (χ1) is 8.74. The predicted molar refractivity (Wildman–Crippen MR) is 64.8 cm³/mol. The minimum Gasteiger partial charge on any atom is -0.381 e. The molecular formula is C13H20N2O3. The lowest BCUT2D eigenvalue weighted by Crippen LogP contribution is -2.55. The molecule has 3 atom stereocenters. The van der Waals surface area contributed by atoms with E-state index < -0.39 is 0 Å². The van der Waals surface area contributed by atoms with Gasteiger partial charge in [-0.3, -0.25) is 9.59 Å². The Hall–Kier alpha value is -1.10. The first kappa shape index (κ1) is 12.0. The molecule has 3 aliphatic rings. The molecular weight excluding hydrogens is 232 g/mol. The van der Waals surface area contributed by atoms with Crippen LogP contribution in [0.3, 0.4) is 0 Å². The maximum Gasteiger partial charge on any atom is 0.228 e. The average Bonchev–Trinajstić information content (AvgIpc) is 2.91. The molecule has 5 heteroatoms. The lowest BCUT2D eigenvalue weighted by atomic mass is 9.84. The predicted octanol–water partition coefficient (Wildman–Crippen LogP) is 0.150. The van der Waals surface area contributed by atoms with Gasteiger partial charge >= 0.3 is 0 Å². The number of carbonyl (C=O) groups excluding carboxylic acids is 2. The number of likely N-dealkylation sites (tertiary alicyclic amines) is 1. The van der Waals surface area contributed by atoms with E-state index in [0.29, 0.717) is 25.6 Å². The van der Waals surface area contributed by atoms with Crippen LogP contribution in [0, 0.1) is 11.8 Å². The van der Waals surface area contributed by atoms with E-state index in [4.69, 9.17) is 4.74 Å². The molecule has 0 aromatic rings. The third-order valence-corrected chi connectivity index (χ3v) is 4.41. The fourth-order valence-corrected chi connectivity index (χ4v) is 3.30. The number of fused-ring (bicyclic) bond motifs is 1. The minimum absolute atomic E-state index is 0.0692. The summed E-state index contributed by atoms with van der Waals surface area (Å²) in [7, 11) is 0. The van der Waals surface area contributed by atoms with Gasteiger partial charge in [0.15, 0.2) is 0 Å². The van der Waals surface area contributed by atoms with E-state index in [1.165, 1.54) is 0 Å². The Bertz CT molecular complexity index is 352. The fourth-order valence-electron chi connectivity index (χ4n) is 3.30. The maximum atomic E-state index is 12.3. The Morgan fingerprint density at radius 1 is 1.33 bits per heavy atom. The van der Waals surface area contributed by atoms with Crippen molar-refractivity contribution in [2.24, 2.45) is 11.8 Å². The van der Waals surface area contributed by atoms with Crippen LogP contribution in [0.4, 0.5) is 0 Å². The molecule has 2 amide bonds. The summed E-state index contributed by atoms with van der Waals surface area (Å²) in [6.07, 6.45) is 3.28. The summed E-state index contributed by atoms with van der Waals surface area (Å²) in [5, 5.41) is 3.05. The molecule has 0 saturated carbocycles. The molecule has 3 saturated heterocycles. The molecule has 1 N–H and O–H groups in total. The molecule has 0 aromatic carbocycles. The Morgan fingerprint density at radius 2 is 2.22 bits per heavy atom.